The number of aliphatic hydroxyl groups excluding tert-OH is 1. The second-order valence-corrected chi connectivity index (χ2v) is 4.50. The molecule has 5 nitrogen and oxygen atoms in total. The molecule has 100 valence electrons. The predicted molar refractivity (Wildman–Crippen MR) is 64.3 cm³/mol. The first-order valence-corrected chi connectivity index (χ1v) is 5.91. The Morgan fingerprint density at radius 1 is 1.29 bits per heavy atom. The van der Waals surface area contributed by atoms with Crippen LogP contribution in [0.5, 0.6) is 0 Å². The number of carbonyl (C=O) groups is 2. The van der Waals surface area contributed by atoms with Gasteiger partial charge in [0.05, 0.1) is 19.1 Å². The molecule has 0 spiro atoms. The quantitative estimate of drug-likeness (QED) is 0.703. The standard InChI is InChI=1S/C12H23NO4/c1-6-17-12(16)11(8(2)3)13(5)10(15)7-9(4)14/h8-9,11,14H,6-7H2,1-5H3/t9-,11-/m0/s1. The summed E-state index contributed by atoms with van der Waals surface area (Å²) in [5.74, 6) is -0.687. The predicted octanol–water partition coefficient (Wildman–Crippen LogP) is 0.803. The summed E-state index contributed by atoms with van der Waals surface area (Å²) in [5, 5.41) is 9.17. The van der Waals surface area contributed by atoms with Crippen LogP contribution in [0.2, 0.25) is 0 Å². The van der Waals surface area contributed by atoms with E-state index < -0.39 is 18.1 Å². The number of carbonyl (C=O) groups excluding carboxylic acids is 2. The Kier molecular flexibility index (Phi) is 6.80. The lowest BCUT2D eigenvalue weighted by Gasteiger charge is -2.29. The molecule has 0 fully saturated rings. The Morgan fingerprint density at radius 3 is 2.18 bits per heavy atom. The molecule has 0 unspecified atom stereocenters. The molecule has 0 heterocycles. The summed E-state index contributed by atoms with van der Waals surface area (Å²) in [6.07, 6.45) is -0.695. The van der Waals surface area contributed by atoms with Crippen LogP contribution in [0.4, 0.5) is 0 Å². The van der Waals surface area contributed by atoms with Crippen molar-refractivity contribution in [3.05, 3.63) is 0 Å². The Morgan fingerprint density at radius 2 is 1.82 bits per heavy atom. The van der Waals surface area contributed by atoms with Crippen molar-refractivity contribution in [2.45, 2.75) is 46.3 Å². The van der Waals surface area contributed by atoms with Crippen molar-refractivity contribution in [2.24, 2.45) is 5.92 Å². The zero-order valence-corrected chi connectivity index (χ0v) is 11.3. The third kappa shape index (κ3) is 5.17. The second-order valence-electron chi connectivity index (χ2n) is 4.50. The molecule has 0 aliphatic heterocycles. The number of ether oxygens (including phenoxy) is 1. The van der Waals surface area contributed by atoms with Crippen LogP contribution in [0.15, 0.2) is 0 Å². The van der Waals surface area contributed by atoms with Crippen molar-refractivity contribution < 1.29 is 19.4 Å². The SMILES string of the molecule is CCOC(=O)[C@H](C(C)C)N(C)C(=O)C[C@H](C)O. The molecule has 0 aliphatic rings. The highest BCUT2D eigenvalue weighted by molar-refractivity contribution is 5.84. The molecule has 2 atom stereocenters. The van der Waals surface area contributed by atoms with Gasteiger partial charge in [-0.1, -0.05) is 13.8 Å². The molecule has 0 radical (unpaired) electrons. The van der Waals surface area contributed by atoms with Gasteiger partial charge in [0, 0.05) is 7.05 Å². The lowest BCUT2D eigenvalue weighted by Crippen LogP contribution is -2.47. The monoisotopic (exact) mass is 245 g/mol. The maximum Gasteiger partial charge on any atom is 0.329 e. The van der Waals surface area contributed by atoms with Crippen LogP contribution < -0.4 is 0 Å². The molecule has 0 aliphatic carbocycles. The zero-order chi connectivity index (χ0) is 13.6. The van der Waals surface area contributed by atoms with Crippen molar-refractivity contribution in [1.29, 1.82) is 0 Å². The summed E-state index contributed by atoms with van der Waals surface area (Å²) in [7, 11) is 1.56. The molecule has 5 heteroatoms. The number of esters is 1. The fourth-order valence-corrected chi connectivity index (χ4v) is 1.66. The fourth-order valence-electron chi connectivity index (χ4n) is 1.66. The topological polar surface area (TPSA) is 66.8 Å². The van der Waals surface area contributed by atoms with Crippen LogP contribution in [-0.2, 0) is 14.3 Å². The normalized spacial score (nSPS) is 14.3. The molecule has 0 aromatic carbocycles. The van der Waals surface area contributed by atoms with Gasteiger partial charge >= 0.3 is 5.97 Å². The summed E-state index contributed by atoms with van der Waals surface area (Å²) in [6.45, 7) is 7.27. The molecular weight excluding hydrogens is 222 g/mol. The summed E-state index contributed by atoms with van der Waals surface area (Å²) >= 11 is 0. The van der Waals surface area contributed by atoms with Gasteiger partial charge in [-0.3, -0.25) is 4.79 Å². The number of hydrogen-bond acceptors (Lipinski definition) is 4. The number of rotatable bonds is 6. The van der Waals surface area contributed by atoms with Gasteiger partial charge in [-0.15, -0.1) is 0 Å². The van der Waals surface area contributed by atoms with Crippen LogP contribution in [-0.4, -0.2) is 47.7 Å². The number of likely N-dealkylation sites (N-methyl/N-ethyl adjacent to an activating group) is 1. The van der Waals surface area contributed by atoms with Crippen LogP contribution in [0.3, 0.4) is 0 Å². The number of aliphatic hydroxyl groups is 1. The van der Waals surface area contributed by atoms with Gasteiger partial charge in [0.2, 0.25) is 5.91 Å². The Bertz CT molecular complexity index is 263. The Hall–Kier alpha value is -1.10. The van der Waals surface area contributed by atoms with E-state index in [0.29, 0.717) is 6.61 Å². The van der Waals surface area contributed by atoms with Crippen LogP contribution in [0.1, 0.15) is 34.1 Å². The fraction of sp³-hybridized carbons (Fsp3) is 0.833. The molecule has 1 amide bonds. The largest absolute Gasteiger partial charge is 0.464 e. The third-order valence-corrected chi connectivity index (χ3v) is 2.44. The van der Waals surface area contributed by atoms with E-state index in [-0.39, 0.29) is 18.2 Å². The molecule has 1 N–H and O–H groups in total. The highest BCUT2D eigenvalue weighted by Gasteiger charge is 2.31. The van der Waals surface area contributed by atoms with Crippen molar-refractivity contribution in [3.8, 4) is 0 Å². The smallest absolute Gasteiger partial charge is 0.329 e. The molecule has 0 aromatic rings. The molecule has 0 bridgehead atoms. The van der Waals surface area contributed by atoms with Gasteiger partial charge in [0.25, 0.3) is 0 Å². The molecule has 0 aromatic heterocycles. The minimum atomic E-state index is -0.708. The van der Waals surface area contributed by atoms with Crippen LogP contribution in [0.25, 0.3) is 0 Å². The average Bonchev–Trinajstić information content (AvgIpc) is 2.16. The van der Waals surface area contributed by atoms with Gasteiger partial charge < -0.3 is 14.7 Å². The van der Waals surface area contributed by atoms with E-state index >= 15 is 0 Å². The maximum atomic E-state index is 11.8. The average molecular weight is 245 g/mol. The minimum absolute atomic E-state index is 0.0130. The second kappa shape index (κ2) is 7.27. The van der Waals surface area contributed by atoms with E-state index in [9.17, 15) is 14.7 Å². The molecular formula is C12H23NO4. The lowest BCUT2D eigenvalue weighted by atomic mass is 10.0. The van der Waals surface area contributed by atoms with Crippen LogP contribution >= 0.6 is 0 Å². The van der Waals surface area contributed by atoms with Gasteiger partial charge in [-0.05, 0) is 19.8 Å². The highest BCUT2D eigenvalue weighted by atomic mass is 16.5. The summed E-state index contributed by atoms with van der Waals surface area (Å²) < 4.78 is 4.95. The number of nitrogens with zero attached hydrogens (tertiary/aromatic N) is 1. The van der Waals surface area contributed by atoms with E-state index in [4.69, 9.17) is 4.74 Å². The van der Waals surface area contributed by atoms with Crippen molar-refractivity contribution in [1.82, 2.24) is 4.90 Å². The molecule has 17 heavy (non-hydrogen) atoms. The first-order chi connectivity index (χ1) is 7.81. The van der Waals surface area contributed by atoms with Gasteiger partial charge in [-0.2, -0.15) is 0 Å². The maximum absolute atomic E-state index is 11.8. The molecule has 0 saturated heterocycles. The summed E-state index contributed by atoms with van der Waals surface area (Å²) in [4.78, 5) is 24.9. The van der Waals surface area contributed by atoms with Crippen molar-refractivity contribution in [2.75, 3.05) is 13.7 Å². The molecule has 0 saturated carbocycles. The van der Waals surface area contributed by atoms with Crippen molar-refractivity contribution >= 4 is 11.9 Å². The Balaban J connectivity index is 4.70. The summed E-state index contributed by atoms with van der Waals surface area (Å²) in [5.41, 5.74) is 0. The Labute approximate surface area is 103 Å². The van der Waals surface area contributed by atoms with Gasteiger partial charge in [0.1, 0.15) is 6.04 Å². The first-order valence-electron chi connectivity index (χ1n) is 5.91. The van der Waals surface area contributed by atoms with E-state index in [1.165, 1.54) is 4.90 Å². The van der Waals surface area contributed by atoms with E-state index in [1.54, 1.807) is 20.9 Å². The third-order valence-electron chi connectivity index (χ3n) is 2.44. The van der Waals surface area contributed by atoms with Crippen molar-refractivity contribution in [3.63, 3.8) is 0 Å². The first kappa shape index (κ1) is 15.9. The van der Waals surface area contributed by atoms with Gasteiger partial charge in [-0.25, -0.2) is 4.79 Å². The van der Waals surface area contributed by atoms with E-state index in [0.717, 1.165) is 0 Å². The van der Waals surface area contributed by atoms with E-state index in [1.807, 2.05) is 13.8 Å². The highest BCUT2D eigenvalue weighted by Crippen LogP contribution is 2.13. The number of amides is 1. The number of hydrogen-bond donors (Lipinski definition) is 1. The van der Waals surface area contributed by atoms with Gasteiger partial charge in [0.15, 0.2) is 0 Å². The molecule has 0 rings (SSSR count). The van der Waals surface area contributed by atoms with E-state index in [2.05, 4.69) is 0 Å². The minimum Gasteiger partial charge on any atom is -0.464 e. The zero-order valence-electron chi connectivity index (χ0n) is 11.3. The lowest BCUT2D eigenvalue weighted by molar-refractivity contribution is -0.156. The van der Waals surface area contributed by atoms with Crippen LogP contribution in [0, 0.1) is 5.92 Å². The summed E-state index contributed by atoms with van der Waals surface area (Å²) in [6, 6.07) is -0.596.